The van der Waals surface area contributed by atoms with Gasteiger partial charge in [0, 0.05) is 0 Å². The monoisotopic (exact) mass is 322 g/mol. The van der Waals surface area contributed by atoms with Crippen LogP contribution < -0.4 is 0 Å². The average Bonchev–Trinajstić information content (AvgIpc) is 2.54. The van der Waals surface area contributed by atoms with Crippen LogP contribution in [0.15, 0.2) is 48.5 Å². The van der Waals surface area contributed by atoms with Gasteiger partial charge in [-0.15, -0.1) is 0 Å². The number of hydrogen-bond donors (Lipinski definition) is 0. The highest BCUT2D eigenvalue weighted by atomic mass is 14.2. The molecular formula is C24H34. The van der Waals surface area contributed by atoms with Crippen molar-refractivity contribution in [1.82, 2.24) is 0 Å². The van der Waals surface area contributed by atoms with Gasteiger partial charge >= 0.3 is 0 Å². The largest absolute Gasteiger partial charge is 0.0683 e. The van der Waals surface area contributed by atoms with E-state index in [-0.39, 0.29) is 10.8 Å². The molecule has 0 saturated carbocycles. The average molecular weight is 323 g/mol. The first-order chi connectivity index (χ1) is 11.2. The van der Waals surface area contributed by atoms with Crippen molar-refractivity contribution in [3.63, 3.8) is 0 Å². The van der Waals surface area contributed by atoms with E-state index in [1.165, 1.54) is 22.3 Å². The third-order valence-electron chi connectivity index (χ3n) is 4.02. The molecule has 0 amide bonds. The molecule has 0 atom stereocenters. The summed E-state index contributed by atoms with van der Waals surface area (Å²) in [4.78, 5) is 0. The molecule has 0 aliphatic heterocycles. The molecule has 0 bridgehead atoms. The van der Waals surface area contributed by atoms with Crippen LogP contribution in [0, 0.1) is 0 Å². The predicted molar refractivity (Wildman–Crippen MR) is 111 cm³/mol. The van der Waals surface area contributed by atoms with Crippen molar-refractivity contribution in [3.05, 3.63) is 70.8 Å². The molecule has 0 fully saturated rings. The summed E-state index contributed by atoms with van der Waals surface area (Å²) in [6.07, 6.45) is 4.36. The molecule has 2 rings (SSSR count). The van der Waals surface area contributed by atoms with Crippen LogP contribution in [0.3, 0.4) is 0 Å². The third-order valence-corrected chi connectivity index (χ3v) is 4.02. The minimum atomic E-state index is 0.213. The van der Waals surface area contributed by atoms with Gasteiger partial charge in [-0.3, -0.25) is 0 Å². The van der Waals surface area contributed by atoms with Gasteiger partial charge in [0.2, 0.25) is 0 Å². The fourth-order valence-corrected chi connectivity index (χ4v) is 2.38. The standard InChI is InChI=1S/C22H28.C2H6/c1-21(2,3)19-13-9-17(10-14-19)7-8-18-11-15-20(16-12-18)22(4,5)6;1-2/h7-16H,1-6H3;1-2H3. The van der Waals surface area contributed by atoms with Gasteiger partial charge in [0.05, 0.1) is 0 Å². The highest BCUT2D eigenvalue weighted by Gasteiger charge is 2.13. The van der Waals surface area contributed by atoms with E-state index < -0.39 is 0 Å². The Hall–Kier alpha value is -1.82. The second-order valence-corrected chi connectivity index (χ2v) is 8.08. The lowest BCUT2D eigenvalue weighted by Crippen LogP contribution is -2.10. The van der Waals surface area contributed by atoms with Gasteiger partial charge in [-0.05, 0) is 33.1 Å². The summed E-state index contributed by atoms with van der Waals surface area (Å²) in [6.45, 7) is 17.5. The Bertz CT molecular complexity index is 567. The smallest absolute Gasteiger partial charge is 0.0132 e. The van der Waals surface area contributed by atoms with E-state index in [9.17, 15) is 0 Å². The summed E-state index contributed by atoms with van der Waals surface area (Å²) in [5, 5.41) is 0. The van der Waals surface area contributed by atoms with Crippen molar-refractivity contribution in [3.8, 4) is 0 Å². The van der Waals surface area contributed by atoms with E-state index in [1.807, 2.05) is 13.8 Å². The molecule has 2 aromatic carbocycles. The molecule has 0 spiro atoms. The zero-order valence-corrected chi connectivity index (χ0v) is 16.8. The quantitative estimate of drug-likeness (QED) is 0.503. The molecule has 0 unspecified atom stereocenters. The maximum atomic E-state index is 2.24. The van der Waals surface area contributed by atoms with Crippen molar-refractivity contribution in [2.24, 2.45) is 0 Å². The molecule has 0 heteroatoms. The fraction of sp³-hybridized carbons (Fsp3) is 0.417. The molecule has 0 radical (unpaired) electrons. The number of benzene rings is 2. The minimum absolute atomic E-state index is 0.213. The molecule has 24 heavy (non-hydrogen) atoms. The summed E-state index contributed by atoms with van der Waals surface area (Å²) in [6, 6.07) is 17.7. The molecule has 0 aromatic heterocycles. The second kappa shape index (κ2) is 8.33. The number of hydrogen-bond acceptors (Lipinski definition) is 0. The minimum Gasteiger partial charge on any atom is -0.0683 e. The van der Waals surface area contributed by atoms with E-state index >= 15 is 0 Å². The lowest BCUT2D eigenvalue weighted by molar-refractivity contribution is 0.590. The van der Waals surface area contributed by atoms with E-state index in [1.54, 1.807) is 0 Å². The van der Waals surface area contributed by atoms with Gasteiger partial charge in [-0.2, -0.15) is 0 Å². The highest BCUT2D eigenvalue weighted by Crippen LogP contribution is 2.24. The molecule has 0 aliphatic rings. The van der Waals surface area contributed by atoms with Crippen LogP contribution in [-0.4, -0.2) is 0 Å². The Morgan fingerprint density at radius 2 is 0.750 bits per heavy atom. The molecule has 0 N–H and O–H groups in total. The molecular weight excluding hydrogens is 288 g/mol. The van der Waals surface area contributed by atoms with Crippen molar-refractivity contribution >= 4 is 12.2 Å². The van der Waals surface area contributed by atoms with Crippen molar-refractivity contribution in [1.29, 1.82) is 0 Å². The Labute approximate surface area is 149 Å². The van der Waals surface area contributed by atoms with Crippen LogP contribution >= 0.6 is 0 Å². The SMILES string of the molecule is CC.CC(C)(C)c1ccc(C=Cc2ccc(C(C)(C)C)cc2)cc1. The molecule has 0 heterocycles. The summed E-state index contributed by atoms with van der Waals surface area (Å²) in [7, 11) is 0. The second-order valence-electron chi connectivity index (χ2n) is 8.08. The van der Waals surface area contributed by atoms with Crippen LogP contribution in [0.4, 0.5) is 0 Å². The van der Waals surface area contributed by atoms with Gasteiger partial charge < -0.3 is 0 Å². The van der Waals surface area contributed by atoms with Crippen molar-refractivity contribution in [2.75, 3.05) is 0 Å². The molecule has 0 nitrogen and oxygen atoms in total. The van der Waals surface area contributed by atoms with Gasteiger partial charge in [0.25, 0.3) is 0 Å². The van der Waals surface area contributed by atoms with Gasteiger partial charge in [-0.25, -0.2) is 0 Å². The highest BCUT2D eigenvalue weighted by molar-refractivity contribution is 5.69. The Morgan fingerprint density at radius 1 is 0.500 bits per heavy atom. The summed E-state index contributed by atoms with van der Waals surface area (Å²) >= 11 is 0. The maximum Gasteiger partial charge on any atom is -0.0132 e. The topological polar surface area (TPSA) is 0 Å². The maximum absolute atomic E-state index is 2.24. The lowest BCUT2D eigenvalue weighted by Gasteiger charge is -2.19. The Morgan fingerprint density at radius 3 is 0.958 bits per heavy atom. The summed E-state index contributed by atoms with van der Waals surface area (Å²) < 4.78 is 0. The lowest BCUT2D eigenvalue weighted by atomic mass is 9.86. The zero-order chi connectivity index (χ0) is 18.4. The van der Waals surface area contributed by atoms with Gasteiger partial charge in [-0.1, -0.05) is 116 Å². The van der Waals surface area contributed by atoms with Crippen LogP contribution in [0.2, 0.25) is 0 Å². The summed E-state index contributed by atoms with van der Waals surface area (Å²) in [5.41, 5.74) is 5.66. The van der Waals surface area contributed by atoms with Crippen LogP contribution in [0.1, 0.15) is 77.6 Å². The molecule has 0 saturated heterocycles. The van der Waals surface area contributed by atoms with E-state index in [0.29, 0.717) is 0 Å². The van der Waals surface area contributed by atoms with Crippen LogP contribution in [-0.2, 0) is 10.8 Å². The Kier molecular flexibility index (Phi) is 7.02. The van der Waals surface area contributed by atoms with E-state index in [0.717, 1.165) is 0 Å². The Balaban J connectivity index is 0.00000139. The third kappa shape index (κ3) is 6.00. The predicted octanol–water partition coefficient (Wildman–Crippen LogP) is 7.48. The summed E-state index contributed by atoms with van der Waals surface area (Å²) in [5.74, 6) is 0. The number of rotatable bonds is 2. The van der Waals surface area contributed by atoms with Gasteiger partial charge in [0.15, 0.2) is 0 Å². The van der Waals surface area contributed by atoms with Crippen molar-refractivity contribution in [2.45, 2.75) is 66.2 Å². The van der Waals surface area contributed by atoms with E-state index in [2.05, 4.69) is 102 Å². The normalized spacial score (nSPS) is 12.0. The zero-order valence-electron chi connectivity index (χ0n) is 16.8. The van der Waals surface area contributed by atoms with Crippen LogP contribution in [0.5, 0.6) is 0 Å². The van der Waals surface area contributed by atoms with E-state index in [4.69, 9.17) is 0 Å². The molecule has 0 aliphatic carbocycles. The molecule has 130 valence electrons. The molecule has 2 aromatic rings. The first-order valence-corrected chi connectivity index (χ1v) is 9.05. The first-order valence-electron chi connectivity index (χ1n) is 9.05. The van der Waals surface area contributed by atoms with Gasteiger partial charge in [0.1, 0.15) is 0 Å². The van der Waals surface area contributed by atoms with Crippen molar-refractivity contribution < 1.29 is 0 Å². The fourth-order valence-electron chi connectivity index (χ4n) is 2.38. The first kappa shape index (κ1) is 20.2. The van der Waals surface area contributed by atoms with Crippen LogP contribution in [0.25, 0.3) is 12.2 Å².